The van der Waals surface area contributed by atoms with Crippen LogP contribution in [0.15, 0.2) is 10.6 Å². The third-order valence-corrected chi connectivity index (χ3v) is 3.33. The van der Waals surface area contributed by atoms with E-state index in [2.05, 4.69) is 16.9 Å². The SMILES string of the molecule is CC(=O)Cc1cnc(CC2CCN(C)CC2)o1. The average Bonchev–Trinajstić information content (AvgIpc) is 2.68. The zero-order valence-electron chi connectivity index (χ0n) is 10.6. The second-order valence-electron chi connectivity index (χ2n) is 5.05. The average molecular weight is 236 g/mol. The lowest BCUT2D eigenvalue weighted by atomic mass is 9.94. The molecule has 0 N–H and O–H groups in total. The second kappa shape index (κ2) is 5.45. The van der Waals surface area contributed by atoms with Crippen molar-refractivity contribution in [2.24, 2.45) is 5.92 Å². The molecule has 1 aliphatic heterocycles. The van der Waals surface area contributed by atoms with E-state index in [4.69, 9.17) is 4.42 Å². The van der Waals surface area contributed by atoms with Crippen LogP contribution in [0.3, 0.4) is 0 Å². The third kappa shape index (κ3) is 3.66. The van der Waals surface area contributed by atoms with E-state index in [1.54, 1.807) is 13.1 Å². The van der Waals surface area contributed by atoms with E-state index in [0.29, 0.717) is 18.1 Å². The van der Waals surface area contributed by atoms with Crippen LogP contribution in [0.4, 0.5) is 0 Å². The summed E-state index contributed by atoms with van der Waals surface area (Å²) in [4.78, 5) is 17.6. The van der Waals surface area contributed by atoms with Crippen LogP contribution in [0.2, 0.25) is 0 Å². The van der Waals surface area contributed by atoms with Gasteiger partial charge in [0.1, 0.15) is 11.5 Å². The summed E-state index contributed by atoms with van der Waals surface area (Å²) in [5.41, 5.74) is 0. The fourth-order valence-corrected chi connectivity index (χ4v) is 2.28. The predicted molar refractivity (Wildman–Crippen MR) is 64.8 cm³/mol. The number of nitrogens with zero attached hydrogens (tertiary/aromatic N) is 2. The van der Waals surface area contributed by atoms with Crippen molar-refractivity contribution in [3.8, 4) is 0 Å². The molecule has 0 bridgehead atoms. The highest BCUT2D eigenvalue weighted by Gasteiger charge is 2.19. The van der Waals surface area contributed by atoms with Gasteiger partial charge in [-0.1, -0.05) is 0 Å². The summed E-state index contributed by atoms with van der Waals surface area (Å²) in [5.74, 6) is 2.28. The molecule has 0 aromatic carbocycles. The topological polar surface area (TPSA) is 46.3 Å². The van der Waals surface area contributed by atoms with Crippen molar-refractivity contribution < 1.29 is 9.21 Å². The molecule has 0 amide bonds. The zero-order valence-corrected chi connectivity index (χ0v) is 10.6. The molecule has 4 heteroatoms. The minimum Gasteiger partial charge on any atom is -0.445 e. The molecule has 1 saturated heterocycles. The highest BCUT2D eigenvalue weighted by molar-refractivity contribution is 5.77. The van der Waals surface area contributed by atoms with Crippen molar-refractivity contribution in [2.75, 3.05) is 20.1 Å². The third-order valence-electron chi connectivity index (χ3n) is 3.33. The summed E-state index contributed by atoms with van der Waals surface area (Å²) in [7, 11) is 2.16. The standard InChI is InChI=1S/C13H20N2O2/c1-10(16)7-12-9-14-13(17-12)8-11-3-5-15(2)6-4-11/h9,11H,3-8H2,1-2H3. The Balaban J connectivity index is 1.86. The number of oxazole rings is 1. The molecule has 0 radical (unpaired) electrons. The Kier molecular flexibility index (Phi) is 3.94. The predicted octanol–water partition coefficient (Wildman–Crippen LogP) is 1.69. The number of hydrogen-bond donors (Lipinski definition) is 0. The molecule has 0 atom stereocenters. The number of carbonyl (C=O) groups excluding carboxylic acids is 1. The first-order valence-corrected chi connectivity index (χ1v) is 6.25. The molecular weight excluding hydrogens is 216 g/mol. The minimum absolute atomic E-state index is 0.118. The van der Waals surface area contributed by atoms with Gasteiger partial charge in [0, 0.05) is 6.42 Å². The van der Waals surface area contributed by atoms with Gasteiger partial charge >= 0.3 is 0 Å². The number of likely N-dealkylation sites (tertiary alicyclic amines) is 1. The maximum Gasteiger partial charge on any atom is 0.194 e. The van der Waals surface area contributed by atoms with Crippen molar-refractivity contribution in [3.63, 3.8) is 0 Å². The van der Waals surface area contributed by atoms with E-state index in [0.717, 1.165) is 25.4 Å². The molecular formula is C13H20N2O2. The van der Waals surface area contributed by atoms with E-state index >= 15 is 0 Å². The molecule has 0 saturated carbocycles. The Hall–Kier alpha value is -1.16. The number of aromatic nitrogens is 1. The van der Waals surface area contributed by atoms with E-state index in [1.807, 2.05) is 0 Å². The summed E-state index contributed by atoms with van der Waals surface area (Å²) < 4.78 is 5.58. The van der Waals surface area contributed by atoms with Crippen molar-refractivity contribution in [1.82, 2.24) is 9.88 Å². The Morgan fingerprint density at radius 3 is 2.88 bits per heavy atom. The molecule has 2 rings (SSSR count). The van der Waals surface area contributed by atoms with Gasteiger partial charge < -0.3 is 9.32 Å². The van der Waals surface area contributed by atoms with Gasteiger partial charge in [0.25, 0.3) is 0 Å². The van der Waals surface area contributed by atoms with Crippen LogP contribution < -0.4 is 0 Å². The highest BCUT2D eigenvalue weighted by Crippen LogP contribution is 2.20. The monoisotopic (exact) mass is 236 g/mol. The second-order valence-corrected chi connectivity index (χ2v) is 5.05. The number of Topliss-reactive ketones (excluding diaryl/α,β-unsaturated/α-hetero) is 1. The van der Waals surface area contributed by atoms with E-state index in [9.17, 15) is 4.79 Å². The Morgan fingerprint density at radius 1 is 1.53 bits per heavy atom. The van der Waals surface area contributed by atoms with E-state index in [1.165, 1.54) is 12.8 Å². The summed E-state index contributed by atoms with van der Waals surface area (Å²) in [6, 6.07) is 0. The van der Waals surface area contributed by atoms with Gasteiger partial charge in [-0.3, -0.25) is 4.79 Å². The Morgan fingerprint density at radius 2 is 2.24 bits per heavy atom. The largest absolute Gasteiger partial charge is 0.445 e. The molecule has 0 aliphatic carbocycles. The number of piperidine rings is 1. The van der Waals surface area contributed by atoms with Crippen LogP contribution in [0, 0.1) is 5.92 Å². The van der Waals surface area contributed by atoms with Gasteiger partial charge in [-0.2, -0.15) is 0 Å². The number of carbonyl (C=O) groups is 1. The molecule has 94 valence electrons. The highest BCUT2D eigenvalue weighted by atomic mass is 16.4. The molecule has 1 aromatic rings. The first kappa shape index (κ1) is 12.3. The van der Waals surface area contributed by atoms with Gasteiger partial charge in [0.2, 0.25) is 0 Å². The van der Waals surface area contributed by atoms with Crippen molar-refractivity contribution in [1.29, 1.82) is 0 Å². The van der Waals surface area contributed by atoms with Crippen LogP contribution in [0.1, 0.15) is 31.4 Å². The lowest BCUT2D eigenvalue weighted by molar-refractivity contribution is -0.116. The Labute approximate surface area is 102 Å². The maximum atomic E-state index is 11.0. The molecule has 1 aliphatic rings. The summed E-state index contributed by atoms with van der Waals surface area (Å²) in [6.07, 6.45) is 5.37. The fourth-order valence-electron chi connectivity index (χ4n) is 2.28. The molecule has 0 unspecified atom stereocenters. The van der Waals surface area contributed by atoms with Gasteiger partial charge in [-0.15, -0.1) is 0 Å². The number of ketones is 1. The molecule has 0 spiro atoms. The minimum atomic E-state index is 0.118. The van der Waals surface area contributed by atoms with Gasteiger partial charge in [-0.05, 0) is 45.8 Å². The lowest BCUT2D eigenvalue weighted by Gasteiger charge is -2.28. The van der Waals surface area contributed by atoms with Gasteiger partial charge in [-0.25, -0.2) is 4.98 Å². The zero-order chi connectivity index (χ0) is 12.3. The van der Waals surface area contributed by atoms with Crippen LogP contribution in [0.25, 0.3) is 0 Å². The summed E-state index contributed by atoms with van der Waals surface area (Å²) in [6.45, 7) is 3.89. The number of rotatable bonds is 4. The summed E-state index contributed by atoms with van der Waals surface area (Å²) >= 11 is 0. The van der Waals surface area contributed by atoms with Crippen LogP contribution in [0.5, 0.6) is 0 Å². The van der Waals surface area contributed by atoms with Gasteiger partial charge in [0.05, 0.1) is 12.6 Å². The first-order chi connectivity index (χ1) is 8.13. The molecule has 17 heavy (non-hydrogen) atoms. The van der Waals surface area contributed by atoms with Crippen molar-refractivity contribution in [3.05, 3.63) is 17.8 Å². The van der Waals surface area contributed by atoms with Crippen molar-refractivity contribution >= 4 is 5.78 Å². The normalized spacial score (nSPS) is 18.5. The quantitative estimate of drug-likeness (QED) is 0.798. The number of hydrogen-bond acceptors (Lipinski definition) is 4. The maximum absolute atomic E-state index is 11.0. The molecule has 4 nitrogen and oxygen atoms in total. The van der Waals surface area contributed by atoms with Gasteiger partial charge in [0.15, 0.2) is 5.89 Å². The Bertz CT molecular complexity index is 379. The van der Waals surface area contributed by atoms with Crippen LogP contribution in [-0.4, -0.2) is 35.8 Å². The molecule has 1 fully saturated rings. The van der Waals surface area contributed by atoms with Crippen LogP contribution in [-0.2, 0) is 17.6 Å². The van der Waals surface area contributed by atoms with Crippen LogP contribution >= 0.6 is 0 Å². The first-order valence-electron chi connectivity index (χ1n) is 6.25. The fraction of sp³-hybridized carbons (Fsp3) is 0.692. The lowest BCUT2D eigenvalue weighted by Crippen LogP contribution is -2.30. The molecule has 2 heterocycles. The summed E-state index contributed by atoms with van der Waals surface area (Å²) in [5, 5.41) is 0. The van der Waals surface area contributed by atoms with Crippen molar-refractivity contribution in [2.45, 2.75) is 32.6 Å². The van der Waals surface area contributed by atoms with E-state index < -0.39 is 0 Å². The van der Waals surface area contributed by atoms with E-state index in [-0.39, 0.29) is 5.78 Å². The molecule has 1 aromatic heterocycles. The smallest absolute Gasteiger partial charge is 0.194 e.